The Balaban J connectivity index is 2.25. The molecule has 10 heteroatoms. The molecule has 2 aromatic rings. The Morgan fingerprint density at radius 3 is 2.44 bits per heavy atom. The van der Waals surface area contributed by atoms with Crippen LogP contribution in [0.3, 0.4) is 0 Å². The van der Waals surface area contributed by atoms with Gasteiger partial charge in [-0.2, -0.15) is 0 Å². The van der Waals surface area contributed by atoms with Crippen molar-refractivity contribution >= 4 is 44.6 Å². The van der Waals surface area contributed by atoms with Crippen LogP contribution in [-0.2, 0) is 10.0 Å². The topological polar surface area (TPSA) is 110 Å². The number of nitro benzene ring substituents is 1. The summed E-state index contributed by atoms with van der Waals surface area (Å²) in [4.78, 5) is 22.6. The van der Waals surface area contributed by atoms with Gasteiger partial charge in [0.15, 0.2) is 0 Å². The third-order valence-electron chi connectivity index (χ3n) is 3.52. The minimum Gasteiger partial charge on any atom is -0.320 e. The van der Waals surface area contributed by atoms with Gasteiger partial charge < -0.3 is 5.32 Å². The van der Waals surface area contributed by atoms with Gasteiger partial charge in [0.2, 0.25) is 10.0 Å². The number of halogens is 1. The molecule has 2 aromatic carbocycles. The lowest BCUT2D eigenvalue weighted by Gasteiger charge is -2.20. The monoisotopic (exact) mass is 409 g/mol. The number of anilines is 2. The maximum Gasteiger partial charge on any atom is 0.271 e. The van der Waals surface area contributed by atoms with E-state index in [-0.39, 0.29) is 28.5 Å². The summed E-state index contributed by atoms with van der Waals surface area (Å²) in [5.41, 5.74) is 0.498. The molecule has 0 fully saturated rings. The molecule has 0 aliphatic rings. The number of benzene rings is 2. The number of hydrogen-bond donors (Lipinski definition) is 1. The zero-order valence-electron chi connectivity index (χ0n) is 14.3. The molecule has 2 rings (SSSR count). The van der Waals surface area contributed by atoms with E-state index >= 15 is 0 Å². The number of nitro groups is 1. The predicted octanol–water partition coefficient (Wildman–Crippen LogP) is 3.45. The molecule has 1 N–H and O–H groups in total. The Hall–Kier alpha value is -2.91. The Bertz CT molecular complexity index is 990. The molecule has 142 valence electrons. The fourth-order valence-corrected chi connectivity index (χ4v) is 3.29. The van der Waals surface area contributed by atoms with Crippen LogP contribution in [-0.4, -0.2) is 32.0 Å². The first-order valence-corrected chi connectivity index (χ1v) is 9.80. The first kappa shape index (κ1) is 20.4. The van der Waals surface area contributed by atoms with Crippen molar-refractivity contribution in [2.24, 2.45) is 0 Å². The van der Waals surface area contributed by atoms with E-state index in [0.717, 1.165) is 16.6 Å². The van der Waals surface area contributed by atoms with Gasteiger partial charge in [-0.25, -0.2) is 8.42 Å². The molecule has 0 saturated heterocycles. The second-order valence-corrected chi connectivity index (χ2v) is 7.82. The molecular formula is C17H16ClN3O5S. The Morgan fingerprint density at radius 1 is 1.30 bits per heavy atom. The van der Waals surface area contributed by atoms with E-state index in [1.54, 1.807) is 0 Å². The van der Waals surface area contributed by atoms with Crippen LogP contribution in [0.1, 0.15) is 10.4 Å². The number of rotatable bonds is 7. The standard InChI is InChI=1S/C17H16ClN3O5S/c1-3-10-20(27(2,25)26)13-6-4-12(5-7-13)17(22)19-16-11-14(21(23)24)8-9-15(16)18/h3-9,11H,1,10H2,2H3,(H,19,22). The second kappa shape index (κ2) is 8.19. The van der Waals surface area contributed by atoms with Crippen LogP contribution in [0.2, 0.25) is 5.02 Å². The first-order chi connectivity index (χ1) is 12.6. The maximum absolute atomic E-state index is 12.4. The molecule has 0 radical (unpaired) electrons. The van der Waals surface area contributed by atoms with Crippen molar-refractivity contribution in [2.45, 2.75) is 0 Å². The van der Waals surface area contributed by atoms with Gasteiger partial charge in [0.1, 0.15) is 0 Å². The van der Waals surface area contributed by atoms with Gasteiger partial charge in [0.05, 0.1) is 34.1 Å². The van der Waals surface area contributed by atoms with Crippen molar-refractivity contribution in [1.82, 2.24) is 0 Å². The minimum absolute atomic E-state index is 0.0909. The highest BCUT2D eigenvalue weighted by molar-refractivity contribution is 7.92. The van der Waals surface area contributed by atoms with Crippen LogP contribution >= 0.6 is 11.6 Å². The van der Waals surface area contributed by atoms with Crippen LogP contribution in [0.4, 0.5) is 17.1 Å². The van der Waals surface area contributed by atoms with E-state index in [9.17, 15) is 23.3 Å². The normalized spacial score (nSPS) is 10.9. The molecule has 27 heavy (non-hydrogen) atoms. The molecule has 0 aliphatic carbocycles. The summed E-state index contributed by atoms with van der Waals surface area (Å²) in [7, 11) is -3.50. The molecule has 0 unspecified atom stereocenters. The van der Waals surface area contributed by atoms with Crippen LogP contribution < -0.4 is 9.62 Å². The van der Waals surface area contributed by atoms with Crippen molar-refractivity contribution in [1.29, 1.82) is 0 Å². The summed E-state index contributed by atoms with van der Waals surface area (Å²) >= 11 is 5.96. The van der Waals surface area contributed by atoms with Gasteiger partial charge in [-0.3, -0.25) is 19.2 Å². The molecule has 0 atom stereocenters. The number of amides is 1. The van der Waals surface area contributed by atoms with Crippen LogP contribution in [0, 0.1) is 10.1 Å². The predicted molar refractivity (Wildman–Crippen MR) is 105 cm³/mol. The van der Waals surface area contributed by atoms with Crippen molar-refractivity contribution in [3.05, 3.63) is 75.8 Å². The number of non-ortho nitro benzene ring substituents is 1. The fourth-order valence-electron chi connectivity index (χ4n) is 2.25. The third-order valence-corrected chi connectivity index (χ3v) is 5.01. The van der Waals surface area contributed by atoms with Crippen molar-refractivity contribution in [3.8, 4) is 0 Å². The Kier molecular flexibility index (Phi) is 6.19. The molecule has 0 aromatic heterocycles. The van der Waals surface area contributed by atoms with E-state index in [2.05, 4.69) is 11.9 Å². The second-order valence-electron chi connectivity index (χ2n) is 5.51. The van der Waals surface area contributed by atoms with Crippen molar-refractivity contribution in [3.63, 3.8) is 0 Å². The Morgan fingerprint density at radius 2 is 1.93 bits per heavy atom. The highest BCUT2D eigenvalue weighted by Gasteiger charge is 2.17. The molecular weight excluding hydrogens is 394 g/mol. The molecule has 0 aliphatic heterocycles. The maximum atomic E-state index is 12.4. The van der Waals surface area contributed by atoms with E-state index in [0.29, 0.717) is 5.69 Å². The number of carbonyl (C=O) groups is 1. The average molecular weight is 410 g/mol. The van der Waals surface area contributed by atoms with Crippen LogP contribution in [0.25, 0.3) is 0 Å². The lowest BCUT2D eigenvalue weighted by atomic mass is 10.2. The zero-order chi connectivity index (χ0) is 20.2. The molecule has 0 spiro atoms. The molecule has 0 bridgehead atoms. The average Bonchev–Trinajstić information content (AvgIpc) is 2.60. The third kappa shape index (κ3) is 5.05. The van der Waals surface area contributed by atoms with E-state index in [1.165, 1.54) is 42.5 Å². The van der Waals surface area contributed by atoms with Crippen molar-refractivity contribution < 1.29 is 18.1 Å². The smallest absolute Gasteiger partial charge is 0.271 e. The van der Waals surface area contributed by atoms with Gasteiger partial charge in [-0.1, -0.05) is 17.7 Å². The van der Waals surface area contributed by atoms with Gasteiger partial charge in [-0.15, -0.1) is 6.58 Å². The van der Waals surface area contributed by atoms with Gasteiger partial charge in [0, 0.05) is 17.7 Å². The molecule has 8 nitrogen and oxygen atoms in total. The minimum atomic E-state index is -3.50. The van der Waals surface area contributed by atoms with Crippen LogP contribution in [0.15, 0.2) is 55.1 Å². The highest BCUT2D eigenvalue weighted by atomic mass is 35.5. The number of carbonyl (C=O) groups excluding carboxylic acids is 1. The number of nitrogens with one attached hydrogen (secondary N) is 1. The van der Waals surface area contributed by atoms with Gasteiger partial charge >= 0.3 is 0 Å². The van der Waals surface area contributed by atoms with Crippen molar-refractivity contribution in [2.75, 3.05) is 22.4 Å². The summed E-state index contributed by atoms with van der Waals surface area (Å²) in [6.45, 7) is 3.62. The van der Waals surface area contributed by atoms with E-state index in [1.807, 2.05) is 0 Å². The highest BCUT2D eigenvalue weighted by Crippen LogP contribution is 2.27. The fraction of sp³-hybridized carbons (Fsp3) is 0.118. The van der Waals surface area contributed by atoms with E-state index < -0.39 is 20.9 Å². The summed E-state index contributed by atoms with van der Waals surface area (Å²) in [6, 6.07) is 9.55. The summed E-state index contributed by atoms with van der Waals surface area (Å²) in [5.74, 6) is -0.543. The summed E-state index contributed by atoms with van der Waals surface area (Å²) < 4.78 is 24.8. The molecule has 1 amide bonds. The zero-order valence-corrected chi connectivity index (χ0v) is 15.8. The number of sulfonamides is 1. The lowest BCUT2D eigenvalue weighted by molar-refractivity contribution is -0.384. The number of hydrogen-bond acceptors (Lipinski definition) is 5. The first-order valence-electron chi connectivity index (χ1n) is 7.57. The number of nitrogens with zero attached hydrogens (tertiary/aromatic N) is 2. The van der Waals surface area contributed by atoms with E-state index in [4.69, 9.17) is 11.6 Å². The molecule has 0 heterocycles. The summed E-state index contributed by atoms with van der Waals surface area (Å²) in [6.07, 6.45) is 2.52. The quantitative estimate of drug-likeness (QED) is 0.428. The molecule has 0 saturated carbocycles. The lowest BCUT2D eigenvalue weighted by Crippen LogP contribution is -2.29. The SMILES string of the molecule is C=CCN(c1ccc(C(=O)Nc2cc([N+](=O)[O-])ccc2Cl)cc1)S(C)(=O)=O. The van der Waals surface area contributed by atoms with Gasteiger partial charge in [0.25, 0.3) is 11.6 Å². The largest absolute Gasteiger partial charge is 0.320 e. The van der Waals surface area contributed by atoms with Gasteiger partial charge in [-0.05, 0) is 30.3 Å². The summed E-state index contributed by atoms with van der Waals surface area (Å²) in [5, 5.41) is 13.5. The Labute approximate surface area is 161 Å². The van der Waals surface area contributed by atoms with Crippen LogP contribution in [0.5, 0.6) is 0 Å².